The van der Waals surface area contributed by atoms with Gasteiger partial charge in [-0.3, -0.25) is 9.71 Å². The van der Waals surface area contributed by atoms with E-state index in [2.05, 4.69) is 14.4 Å². The lowest BCUT2D eigenvalue weighted by molar-refractivity contribution is 0.0595. The minimum atomic E-state index is -3.99. The Hall–Kier alpha value is -2.48. The Morgan fingerprint density at radius 2 is 1.96 bits per heavy atom. The lowest BCUT2D eigenvalue weighted by Gasteiger charge is -2.11. The van der Waals surface area contributed by atoms with Crippen LogP contribution >= 0.6 is 0 Å². The van der Waals surface area contributed by atoms with Gasteiger partial charge in [-0.25, -0.2) is 17.6 Å². The number of aryl methyl sites for hydroxylation is 2. The van der Waals surface area contributed by atoms with E-state index in [0.29, 0.717) is 11.3 Å². The van der Waals surface area contributed by atoms with Crippen molar-refractivity contribution in [2.24, 2.45) is 0 Å². The highest BCUT2D eigenvalue weighted by atomic mass is 32.2. The summed E-state index contributed by atoms with van der Waals surface area (Å²) in [6, 6.07) is 4.63. The van der Waals surface area contributed by atoms with Crippen molar-refractivity contribution in [2.75, 3.05) is 11.8 Å². The molecule has 1 N–H and O–H groups in total. The molecule has 0 fully saturated rings. The molecule has 0 amide bonds. The summed E-state index contributed by atoms with van der Waals surface area (Å²) < 4.78 is 45.2. The fourth-order valence-corrected chi connectivity index (χ4v) is 3.09. The van der Waals surface area contributed by atoms with Crippen molar-refractivity contribution in [3.63, 3.8) is 0 Å². The van der Waals surface area contributed by atoms with Crippen LogP contribution in [-0.2, 0) is 14.8 Å². The third-order valence-corrected chi connectivity index (χ3v) is 4.51. The molecule has 8 heteroatoms. The van der Waals surface area contributed by atoms with Gasteiger partial charge in [0.1, 0.15) is 5.82 Å². The van der Waals surface area contributed by atoms with Crippen LogP contribution in [0, 0.1) is 19.7 Å². The smallest absolute Gasteiger partial charge is 0.340 e. The molecular formula is C15H15FN2O4S. The summed E-state index contributed by atoms with van der Waals surface area (Å²) in [4.78, 5) is 15.3. The van der Waals surface area contributed by atoms with Crippen molar-refractivity contribution in [1.82, 2.24) is 4.98 Å². The number of nitrogens with zero attached hydrogens (tertiary/aromatic N) is 1. The minimum absolute atomic E-state index is 0.251. The SMILES string of the molecule is COC(=O)c1cc(S(=O)(=O)Nc2cnc(C)cc2C)ccc1F. The third-order valence-electron chi connectivity index (χ3n) is 3.15. The van der Waals surface area contributed by atoms with Crippen LogP contribution in [0.5, 0.6) is 0 Å². The van der Waals surface area contributed by atoms with Gasteiger partial charge in [-0.2, -0.15) is 0 Å². The van der Waals surface area contributed by atoms with Crippen LogP contribution in [0.25, 0.3) is 0 Å². The molecule has 0 saturated heterocycles. The standard InChI is InChI=1S/C15H15FN2O4S/c1-9-6-10(2)17-8-14(9)18-23(20,21)11-4-5-13(16)12(7-11)15(19)22-3/h4-8,18H,1-3H3. The number of anilines is 1. The molecule has 0 aliphatic carbocycles. The highest BCUT2D eigenvalue weighted by Gasteiger charge is 2.20. The molecule has 1 heterocycles. The van der Waals surface area contributed by atoms with Crippen molar-refractivity contribution in [2.45, 2.75) is 18.7 Å². The van der Waals surface area contributed by atoms with Crippen LogP contribution in [0.2, 0.25) is 0 Å². The first-order valence-electron chi connectivity index (χ1n) is 6.58. The van der Waals surface area contributed by atoms with Gasteiger partial charge in [0.25, 0.3) is 10.0 Å². The topological polar surface area (TPSA) is 85.4 Å². The molecule has 1 aromatic heterocycles. The number of methoxy groups -OCH3 is 1. The van der Waals surface area contributed by atoms with Crippen molar-refractivity contribution < 1.29 is 22.3 Å². The average Bonchev–Trinajstić information content (AvgIpc) is 2.49. The second-order valence-corrected chi connectivity index (χ2v) is 6.56. The number of esters is 1. The molecule has 6 nitrogen and oxygen atoms in total. The zero-order valence-electron chi connectivity index (χ0n) is 12.8. The van der Waals surface area contributed by atoms with Gasteiger partial charge in [0.05, 0.1) is 29.5 Å². The monoisotopic (exact) mass is 338 g/mol. The number of hydrogen-bond acceptors (Lipinski definition) is 5. The maximum absolute atomic E-state index is 13.6. The quantitative estimate of drug-likeness (QED) is 0.866. The number of benzene rings is 1. The Kier molecular flexibility index (Phi) is 4.65. The molecule has 0 aliphatic rings. The predicted octanol–water partition coefficient (Wildman–Crippen LogP) is 2.42. The van der Waals surface area contributed by atoms with Crippen LogP contribution in [0.15, 0.2) is 35.4 Å². The molecular weight excluding hydrogens is 323 g/mol. The van der Waals surface area contributed by atoms with Gasteiger partial charge in [-0.05, 0) is 43.7 Å². The Morgan fingerprint density at radius 3 is 2.57 bits per heavy atom. The lowest BCUT2D eigenvalue weighted by atomic mass is 10.2. The molecule has 1 aromatic carbocycles. The fourth-order valence-electron chi connectivity index (χ4n) is 1.94. The van der Waals surface area contributed by atoms with E-state index in [1.165, 1.54) is 6.20 Å². The van der Waals surface area contributed by atoms with Gasteiger partial charge in [0.15, 0.2) is 0 Å². The van der Waals surface area contributed by atoms with E-state index in [4.69, 9.17) is 0 Å². The van der Waals surface area contributed by atoms with E-state index in [0.717, 1.165) is 31.0 Å². The zero-order chi connectivity index (χ0) is 17.2. The minimum Gasteiger partial charge on any atom is -0.465 e. The number of ether oxygens (including phenoxy) is 1. The Balaban J connectivity index is 2.42. The number of carbonyl (C=O) groups excluding carboxylic acids is 1. The van der Waals surface area contributed by atoms with E-state index in [-0.39, 0.29) is 4.90 Å². The van der Waals surface area contributed by atoms with Gasteiger partial charge in [0, 0.05) is 5.69 Å². The van der Waals surface area contributed by atoms with Gasteiger partial charge >= 0.3 is 5.97 Å². The third kappa shape index (κ3) is 3.65. The summed E-state index contributed by atoms with van der Waals surface area (Å²) in [6.07, 6.45) is 1.40. The first kappa shape index (κ1) is 16.9. The van der Waals surface area contributed by atoms with Crippen LogP contribution < -0.4 is 4.72 Å². The van der Waals surface area contributed by atoms with Crippen molar-refractivity contribution in [1.29, 1.82) is 0 Å². The molecule has 2 aromatic rings. The Morgan fingerprint density at radius 1 is 1.26 bits per heavy atom. The lowest BCUT2D eigenvalue weighted by Crippen LogP contribution is -2.15. The predicted molar refractivity (Wildman–Crippen MR) is 82.3 cm³/mol. The van der Waals surface area contributed by atoms with E-state index in [1.54, 1.807) is 19.9 Å². The number of rotatable bonds is 4. The summed E-state index contributed by atoms with van der Waals surface area (Å²) in [5, 5.41) is 0. The maximum Gasteiger partial charge on any atom is 0.340 e. The van der Waals surface area contributed by atoms with Gasteiger partial charge in [0.2, 0.25) is 0 Å². The number of halogens is 1. The molecule has 0 unspecified atom stereocenters. The molecule has 0 spiro atoms. The van der Waals surface area contributed by atoms with E-state index in [1.807, 2.05) is 0 Å². The summed E-state index contributed by atoms with van der Waals surface area (Å²) >= 11 is 0. The highest BCUT2D eigenvalue weighted by molar-refractivity contribution is 7.92. The highest BCUT2D eigenvalue weighted by Crippen LogP contribution is 2.21. The van der Waals surface area contributed by atoms with Crippen molar-refractivity contribution in [3.8, 4) is 0 Å². The van der Waals surface area contributed by atoms with Crippen LogP contribution in [0.1, 0.15) is 21.6 Å². The van der Waals surface area contributed by atoms with E-state index < -0.39 is 27.4 Å². The largest absolute Gasteiger partial charge is 0.465 e. The molecule has 0 bridgehead atoms. The second kappa shape index (κ2) is 6.33. The van der Waals surface area contributed by atoms with Crippen LogP contribution in [0.3, 0.4) is 0 Å². The van der Waals surface area contributed by atoms with Crippen molar-refractivity contribution >= 4 is 21.7 Å². The van der Waals surface area contributed by atoms with Gasteiger partial charge in [-0.1, -0.05) is 0 Å². The number of nitrogens with one attached hydrogen (secondary N) is 1. The molecule has 2 rings (SSSR count). The fraction of sp³-hybridized carbons (Fsp3) is 0.200. The van der Waals surface area contributed by atoms with Crippen molar-refractivity contribution in [3.05, 3.63) is 53.1 Å². The normalized spacial score (nSPS) is 11.1. The molecule has 23 heavy (non-hydrogen) atoms. The summed E-state index contributed by atoms with van der Waals surface area (Å²) in [5.41, 5.74) is 1.30. The number of sulfonamides is 1. The molecule has 0 atom stereocenters. The van der Waals surface area contributed by atoms with Gasteiger partial charge in [-0.15, -0.1) is 0 Å². The first-order chi connectivity index (χ1) is 10.7. The summed E-state index contributed by atoms with van der Waals surface area (Å²) in [5.74, 6) is -1.81. The van der Waals surface area contributed by atoms with Gasteiger partial charge < -0.3 is 4.74 Å². The number of carbonyl (C=O) groups is 1. The molecule has 0 radical (unpaired) electrons. The van der Waals surface area contributed by atoms with Crippen LogP contribution in [-0.4, -0.2) is 26.5 Å². The molecule has 0 saturated carbocycles. The molecule has 0 aliphatic heterocycles. The Labute approximate surface area is 133 Å². The Bertz CT molecular complexity index is 866. The number of hydrogen-bond donors (Lipinski definition) is 1. The number of aromatic nitrogens is 1. The maximum atomic E-state index is 13.6. The first-order valence-corrected chi connectivity index (χ1v) is 8.07. The van der Waals surface area contributed by atoms with E-state index in [9.17, 15) is 17.6 Å². The zero-order valence-corrected chi connectivity index (χ0v) is 13.6. The number of pyridine rings is 1. The summed E-state index contributed by atoms with van der Waals surface area (Å²) in [7, 11) is -2.91. The van der Waals surface area contributed by atoms with Crippen LogP contribution in [0.4, 0.5) is 10.1 Å². The second-order valence-electron chi connectivity index (χ2n) is 4.88. The average molecular weight is 338 g/mol. The van der Waals surface area contributed by atoms with E-state index >= 15 is 0 Å². The molecule has 122 valence electrons. The summed E-state index contributed by atoms with van der Waals surface area (Å²) in [6.45, 7) is 3.52.